The fraction of sp³-hybridized carbons (Fsp3) is 0.143. The van der Waals surface area contributed by atoms with Crippen molar-refractivity contribution in [2.24, 2.45) is 0 Å². The third-order valence-electron chi connectivity index (χ3n) is 2.62. The molecule has 0 saturated carbocycles. The maximum Gasteiger partial charge on any atom is 2.00 e. The maximum absolute atomic E-state index is 10.4. The first kappa shape index (κ1) is 46.0. The van der Waals surface area contributed by atoms with E-state index in [0.717, 1.165) is 11.1 Å². The molecule has 0 fully saturated rings. The predicted molar refractivity (Wildman–Crippen MR) is 108 cm³/mol. The molecule has 29 heavy (non-hydrogen) atoms. The second-order valence-electron chi connectivity index (χ2n) is 4.53. The van der Waals surface area contributed by atoms with Crippen molar-refractivity contribution < 1.29 is 75.6 Å². The van der Waals surface area contributed by atoms with E-state index in [1.807, 2.05) is 13.8 Å². The van der Waals surface area contributed by atoms with Crippen molar-refractivity contribution in [1.82, 2.24) is 0 Å². The minimum Gasteiger partial charge on any atom is -0.744 e. The second-order valence-corrected chi connectivity index (χ2v) is 7.29. The van der Waals surface area contributed by atoms with Crippen LogP contribution in [-0.4, -0.2) is 25.9 Å². The molecule has 0 aromatic heterocycles. The van der Waals surface area contributed by atoms with Crippen molar-refractivity contribution in [2.75, 3.05) is 0 Å². The molecule has 2 rings (SSSR count). The molecule has 0 saturated heterocycles. The van der Waals surface area contributed by atoms with Crippen LogP contribution in [0.5, 0.6) is 0 Å². The van der Waals surface area contributed by atoms with Gasteiger partial charge in [0.1, 0.15) is 20.2 Å². The Kier molecular flexibility index (Phi) is 29.4. The number of rotatable bonds is 2. The molecular formula is C14H32CoO12S2+6. The van der Waals surface area contributed by atoms with Crippen LogP contribution in [0.2, 0.25) is 0 Å². The molecular weight excluding hydrogens is 483 g/mol. The average Bonchev–Trinajstić information content (AvgIpc) is 2.38. The molecule has 12 nitrogen and oxygen atoms in total. The molecule has 0 aliphatic rings. The van der Waals surface area contributed by atoms with Crippen molar-refractivity contribution in [3.05, 3.63) is 59.7 Å². The number of aryl methyl sites for hydroxylation is 2. The second kappa shape index (κ2) is 18.5. The zero-order chi connectivity index (χ0) is 17.0. The van der Waals surface area contributed by atoms with Gasteiger partial charge in [0.15, 0.2) is 0 Å². The van der Waals surface area contributed by atoms with Gasteiger partial charge in [0.25, 0.3) is 0 Å². The molecule has 1 radical (unpaired) electrons. The van der Waals surface area contributed by atoms with Gasteiger partial charge in [0.05, 0.1) is 9.79 Å². The topological polar surface area (TPSA) is 312 Å². The molecule has 0 spiro atoms. The van der Waals surface area contributed by atoms with E-state index in [9.17, 15) is 25.9 Å². The van der Waals surface area contributed by atoms with Crippen LogP contribution >= 0.6 is 0 Å². The summed E-state index contributed by atoms with van der Waals surface area (Å²) in [4.78, 5) is -0.355. The Morgan fingerprint density at radius 2 is 0.690 bits per heavy atom. The van der Waals surface area contributed by atoms with Crippen molar-refractivity contribution in [1.29, 1.82) is 0 Å². The molecule has 2 aromatic carbocycles. The van der Waals surface area contributed by atoms with Gasteiger partial charge in [0, 0.05) is 0 Å². The quantitative estimate of drug-likeness (QED) is 0.285. The monoisotopic (exact) mass is 515 g/mol. The van der Waals surface area contributed by atoms with E-state index in [-0.39, 0.29) is 59.4 Å². The zero-order valence-corrected chi connectivity index (χ0v) is 18.4. The van der Waals surface area contributed by atoms with Crippen LogP contribution in [0.4, 0.5) is 0 Å². The van der Waals surface area contributed by atoms with Gasteiger partial charge in [-0.2, -0.15) is 0 Å². The molecule has 0 bridgehead atoms. The molecule has 15 heteroatoms. The first-order valence-electron chi connectivity index (χ1n) is 6.05. The van der Waals surface area contributed by atoms with E-state index in [1.165, 1.54) is 24.3 Å². The van der Waals surface area contributed by atoms with Gasteiger partial charge < -0.3 is 42.0 Å². The van der Waals surface area contributed by atoms with Gasteiger partial charge in [-0.1, -0.05) is 35.4 Å². The van der Waals surface area contributed by atoms with Crippen molar-refractivity contribution in [3.63, 3.8) is 0 Å². The number of hydrogen-bond donors (Lipinski definition) is 0. The molecule has 18 N–H and O–H groups in total. The van der Waals surface area contributed by atoms with Gasteiger partial charge in [0.2, 0.25) is 0 Å². The third kappa shape index (κ3) is 17.1. The number of benzene rings is 2. The van der Waals surface area contributed by atoms with Gasteiger partial charge in [-0.25, -0.2) is 16.8 Å². The maximum atomic E-state index is 10.4. The Balaban J connectivity index is -0.0000000538. The van der Waals surface area contributed by atoms with Gasteiger partial charge in [-0.15, -0.1) is 0 Å². The summed E-state index contributed by atoms with van der Waals surface area (Å²) in [5.41, 5.74) is 1.86. The van der Waals surface area contributed by atoms with E-state index in [1.54, 1.807) is 24.3 Å². The first-order chi connectivity index (χ1) is 10.00. The fourth-order valence-corrected chi connectivity index (χ4v) is 2.35. The van der Waals surface area contributed by atoms with E-state index in [0.29, 0.717) is 0 Å². The summed E-state index contributed by atoms with van der Waals surface area (Å²) in [7, 11) is -8.54. The summed E-state index contributed by atoms with van der Waals surface area (Å²) in [6, 6.07) is 11.6. The molecule has 175 valence electrons. The Morgan fingerprint density at radius 1 is 0.517 bits per heavy atom. The van der Waals surface area contributed by atoms with Crippen LogP contribution in [0.1, 0.15) is 11.1 Å². The molecule has 0 aliphatic heterocycles. The SMILES string of the molecule is Cc1ccc(S(=O)(=O)[O-])cc1.Cc1ccc(S(=O)(=O)[O-])cc1.[Co+2].[OH3+].[OH3+].[OH3+].[OH3+].[OH3+].[OH3+]. The van der Waals surface area contributed by atoms with Crippen LogP contribution in [0, 0.1) is 13.8 Å². The van der Waals surface area contributed by atoms with E-state index in [4.69, 9.17) is 0 Å². The van der Waals surface area contributed by atoms with E-state index < -0.39 is 20.2 Å². The third-order valence-corrected chi connectivity index (χ3v) is 4.32. The molecule has 0 heterocycles. The smallest absolute Gasteiger partial charge is 0.744 e. The number of hydrogen-bond acceptors (Lipinski definition) is 6. The summed E-state index contributed by atoms with van der Waals surface area (Å²) in [5, 5.41) is 0. The minimum absolute atomic E-state index is 0. The minimum atomic E-state index is -4.27. The van der Waals surface area contributed by atoms with Crippen LogP contribution in [0.3, 0.4) is 0 Å². The van der Waals surface area contributed by atoms with Crippen molar-refractivity contribution in [3.8, 4) is 0 Å². The van der Waals surface area contributed by atoms with Crippen LogP contribution in [0.15, 0.2) is 58.3 Å². The summed E-state index contributed by atoms with van der Waals surface area (Å²) in [6.07, 6.45) is 0. The van der Waals surface area contributed by atoms with E-state index in [2.05, 4.69) is 0 Å². The van der Waals surface area contributed by atoms with Crippen LogP contribution in [-0.2, 0) is 69.9 Å². The van der Waals surface area contributed by atoms with Crippen molar-refractivity contribution in [2.45, 2.75) is 23.6 Å². The zero-order valence-electron chi connectivity index (χ0n) is 15.7. The molecule has 0 unspecified atom stereocenters. The molecule has 0 aliphatic carbocycles. The largest absolute Gasteiger partial charge is 2.00 e. The predicted octanol–water partition coefficient (Wildman–Crippen LogP) is -3.74. The Bertz CT molecular complexity index is 762. The van der Waals surface area contributed by atoms with Gasteiger partial charge in [-0.05, 0) is 38.1 Å². The Morgan fingerprint density at radius 3 is 0.828 bits per heavy atom. The molecule has 2 aromatic rings. The molecule has 0 amide bonds. The fourth-order valence-electron chi connectivity index (χ4n) is 1.41. The summed E-state index contributed by atoms with van der Waals surface area (Å²) >= 11 is 0. The van der Waals surface area contributed by atoms with Gasteiger partial charge in [-0.3, -0.25) is 0 Å². The van der Waals surface area contributed by atoms with Crippen LogP contribution < -0.4 is 0 Å². The summed E-state index contributed by atoms with van der Waals surface area (Å²) in [5.74, 6) is 0. The van der Waals surface area contributed by atoms with E-state index >= 15 is 0 Å². The Hall–Kier alpha value is -1.47. The summed E-state index contributed by atoms with van der Waals surface area (Å²) in [6.45, 7) is 3.64. The molecule has 0 atom stereocenters. The Labute approximate surface area is 179 Å². The van der Waals surface area contributed by atoms with Gasteiger partial charge >= 0.3 is 16.8 Å². The van der Waals surface area contributed by atoms with Crippen molar-refractivity contribution >= 4 is 20.2 Å². The standard InChI is InChI=1S/2C7H8O3S.Co.6H2O/c2*1-6-2-4-7(5-3-6)11(8,9)10;;;;;;;/h2*2-5H,1H3,(H,8,9,10);;6*1H2/q;;+2;;;;;;/p+4. The van der Waals surface area contributed by atoms with Crippen LogP contribution in [0.25, 0.3) is 0 Å². The first-order valence-corrected chi connectivity index (χ1v) is 8.87. The normalized spacial score (nSPS) is 8.69. The summed E-state index contributed by atoms with van der Waals surface area (Å²) < 4.78 is 62.3. The average molecular weight is 515 g/mol.